The van der Waals surface area contributed by atoms with E-state index in [1.165, 1.54) is 17.0 Å². The van der Waals surface area contributed by atoms with Gasteiger partial charge in [-0.25, -0.2) is 4.39 Å². The number of rotatable bonds is 6. The number of amides is 2. The summed E-state index contributed by atoms with van der Waals surface area (Å²) in [4.78, 5) is 27.9. The fourth-order valence-corrected chi connectivity index (χ4v) is 3.26. The Bertz CT molecular complexity index is 692. The molecule has 0 radical (unpaired) electrons. The molecule has 0 atom stereocenters. The van der Waals surface area contributed by atoms with Gasteiger partial charge < -0.3 is 10.2 Å². The highest BCUT2D eigenvalue weighted by Gasteiger charge is 2.33. The maximum absolute atomic E-state index is 13.2. The molecule has 1 saturated heterocycles. The number of hydrogen-bond acceptors (Lipinski definition) is 5. The Balaban J connectivity index is 2.00. The molecule has 0 unspecified atom stereocenters. The average Bonchev–Trinajstić information content (AvgIpc) is 2.74. The molecule has 1 N–H and O–H groups in total. The van der Waals surface area contributed by atoms with Crippen LogP contribution < -0.4 is 5.32 Å². The standard InChI is InChI=1S/C16H18FN3O2S2/c1-19(2)7-6-18-14(21)10-20-15(22)13(24-16(20)23)9-11-4-3-5-12(17)8-11/h3-5,8-9H,6-7,10H2,1-2H3,(H,18,21)/b13-9-. The minimum absolute atomic E-state index is 0.113. The van der Waals surface area contributed by atoms with Crippen molar-refractivity contribution in [2.24, 2.45) is 0 Å². The van der Waals surface area contributed by atoms with Gasteiger partial charge >= 0.3 is 0 Å². The first-order chi connectivity index (χ1) is 11.4. The van der Waals surface area contributed by atoms with Crippen molar-refractivity contribution in [2.75, 3.05) is 33.7 Å². The molecule has 24 heavy (non-hydrogen) atoms. The molecular formula is C16H18FN3O2S2. The number of nitrogens with one attached hydrogen (secondary N) is 1. The molecule has 1 aromatic carbocycles. The summed E-state index contributed by atoms with van der Waals surface area (Å²) in [5.74, 6) is -0.975. The van der Waals surface area contributed by atoms with Gasteiger partial charge in [-0.3, -0.25) is 14.5 Å². The second-order valence-electron chi connectivity index (χ2n) is 5.48. The first-order valence-electron chi connectivity index (χ1n) is 7.29. The van der Waals surface area contributed by atoms with Gasteiger partial charge in [0.2, 0.25) is 5.91 Å². The predicted molar refractivity (Wildman–Crippen MR) is 97.8 cm³/mol. The fourth-order valence-electron chi connectivity index (χ4n) is 2.00. The second-order valence-corrected chi connectivity index (χ2v) is 7.15. The van der Waals surface area contributed by atoms with Crippen LogP contribution in [0.15, 0.2) is 29.2 Å². The number of likely N-dealkylation sites (N-methyl/N-ethyl adjacent to an activating group) is 1. The largest absolute Gasteiger partial charge is 0.353 e. The lowest BCUT2D eigenvalue weighted by atomic mass is 10.2. The van der Waals surface area contributed by atoms with Gasteiger partial charge in [-0.15, -0.1) is 0 Å². The van der Waals surface area contributed by atoms with Crippen molar-refractivity contribution >= 4 is 46.2 Å². The van der Waals surface area contributed by atoms with Crippen LogP contribution in [0.1, 0.15) is 5.56 Å². The lowest BCUT2D eigenvalue weighted by molar-refractivity contribution is -0.128. The summed E-state index contributed by atoms with van der Waals surface area (Å²) in [5.41, 5.74) is 0.575. The van der Waals surface area contributed by atoms with E-state index >= 15 is 0 Å². The predicted octanol–water partition coefficient (Wildman–Crippen LogP) is 1.70. The number of hydrogen-bond donors (Lipinski definition) is 1. The van der Waals surface area contributed by atoms with Gasteiger partial charge in [-0.1, -0.05) is 36.1 Å². The summed E-state index contributed by atoms with van der Waals surface area (Å²) in [6.45, 7) is 1.10. The fraction of sp³-hybridized carbons (Fsp3) is 0.312. The van der Waals surface area contributed by atoms with E-state index in [0.29, 0.717) is 27.9 Å². The first kappa shape index (κ1) is 18.6. The molecule has 128 valence electrons. The summed E-state index contributed by atoms with van der Waals surface area (Å²) in [5, 5.41) is 2.74. The van der Waals surface area contributed by atoms with E-state index in [1.807, 2.05) is 19.0 Å². The van der Waals surface area contributed by atoms with E-state index in [2.05, 4.69) is 5.32 Å². The molecule has 8 heteroatoms. The van der Waals surface area contributed by atoms with E-state index in [9.17, 15) is 14.0 Å². The molecule has 0 saturated carbocycles. The Morgan fingerprint density at radius 3 is 2.88 bits per heavy atom. The van der Waals surface area contributed by atoms with Gasteiger partial charge in [0.15, 0.2) is 0 Å². The molecule has 1 fully saturated rings. The highest BCUT2D eigenvalue weighted by atomic mass is 32.2. The molecule has 1 aromatic rings. The van der Waals surface area contributed by atoms with Crippen molar-refractivity contribution < 1.29 is 14.0 Å². The third kappa shape index (κ3) is 5.12. The molecule has 2 rings (SSSR count). The second kappa shape index (κ2) is 8.36. The van der Waals surface area contributed by atoms with Gasteiger partial charge in [0.25, 0.3) is 5.91 Å². The number of halogens is 1. The Labute approximate surface area is 149 Å². The van der Waals surface area contributed by atoms with Gasteiger partial charge in [-0.05, 0) is 37.9 Å². The van der Waals surface area contributed by atoms with Crippen LogP contribution in [0.3, 0.4) is 0 Å². The molecule has 0 spiro atoms. The van der Waals surface area contributed by atoms with Crippen molar-refractivity contribution in [1.29, 1.82) is 0 Å². The SMILES string of the molecule is CN(C)CCNC(=O)CN1C(=O)/C(=C/c2cccc(F)c2)SC1=S. The van der Waals surface area contributed by atoms with Crippen LogP contribution in [0, 0.1) is 5.82 Å². The van der Waals surface area contributed by atoms with E-state index in [0.717, 1.165) is 11.8 Å². The average molecular weight is 367 g/mol. The Morgan fingerprint density at radius 1 is 1.46 bits per heavy atom. The van der Waals surface area contributed by atoms with Crippen molar-refractivity contribution in [3.8, 4) is 0 Å². The lowest BCUT2D eigenvalue weighted by Crippen LogP contribution is -2.41. The van der Waals surface area contributed by atoms with E-state index in [4.69, 9.17) is 12.2 Å². The zero-order chi connectivity index (χ0) is 17.7. The normalized spacial score (nSPS) is 16.3. The van der Waals surface area contributed by atoms with Crippen molar-refractivity contribution in [3.05, 3.63) is 40.6 Å². The number of carbonyl (C=O) groups is 2. The Kier molecular flexibility index (Phi) is 6.47. The summed E-state index contributed by atoms with van der Waals surface area (Å²) < 4.78 is 13.5. The van der Waals surface area contributed by atoms with Crippen molar-refractivity contribution in [1.82, 2.24) is 15.1 Å². The monoisotopic (exact) mass is 367 g/mol. The zero-order valence-electron chi connectivity index (χ0n) is 13.4. The van der Waals surface area contributed by atoms with Crippen LogP contribution in [0.2, 0.25) is 0 Å². The summed E-state index contributed by atoms with van der Waals surface area (Å²) in [7, 11) is 3.82. The van der Waals surface area contributed by atoms with Gasteiger partial charge in [0.1, 0.15) is 16.7 Å². The maximum Gasteiger partial charge on any atom is 0.266 e. The topological polar surface area (TPSA) is 52.7 Å². The lowest BCUT2D eigenvalue weighted by Gasteiger charge is -2.15. The third-order valence-corrected chi connectivity index (χ3v) is 4.58. The highest BCUT2D eigenvalue weighted by Crippen LogP contribution is 2.32. The van der Waals surface area contributed by atoms with E-state index in [1.54, 1.807) is 18.2 Å². The molecule has 5 nitrogen and oxygen atoms in total. The third-order valence-electron chi connectivity index (χ3n) is 3.20. The van der Waals surface area contributed by atoms with Crippen LogP contribution in [-0.2, 0) is 9.59 Å². The van der Waals surface area contributed by atoms with Crippen LogP contribution in [0.25, 0.3) is 6.08 Å². The zero-order valence-corrected chi connectivity index (χ0v) is 15.0. The number of thiocarbonyl (C=S) groups is 1. The van der Waals surface area contributed by atoms with Gasteiger partial charge in [-0.2, -0.15) is 0 Å². The minimum atomic E-state index is -0.375. The van der Waals surface area contributed by atoms with Gasteiger partial charge in [0, 0.05) is 13.1 Å². The molecular weight excluding hydrogens is 349 g/mol. The van der Waals surface area contributed by atoms with Crippen LogP contribution >= 0.6 is 24.0 Å². The highest BCUT2D eigenvalue weighted by molar-refractivity contribution is 8.26. The summed E-state index contributed by atoms with van der Waals surface area (Å²) in [6, 6.07) is 5.94. The van der Waals surface area contributed by atoms with E-state index < -0.39 is 0 Å². The molecule has 2 amide bonds. The first-order valence-corrected chi connectivity index (χ1v) is 8.51. The maximum atomic E-state index is 13.2. The Hall–Kier alpha value is -1.77. The smallest absolute Gasteiger partial charge is 0.266 e. The van der Waals surface area contributed by atoms with Crippen LogP contribution in [-0.4, -0.2) is 59.7 Å². The van der Waals surface area contributed by atoms with Crippen molar-refractivity contribution in [3.63, 3.8) is 0 Å². The molecule has 0 bridgehead atoms. The van der Waals surface area contributed by atoms with Gasteiger partial charge in [0.05, 0.1) is 4.91 Å². The Morgan fingerprint density at radius 2 is 2.21 bits per heavy atom. The minimum Gasteiger partial charge on any atom is -0.353 e. The van der Waals surface area contributed by atoms with Crippen LogP contribution in [0.4, 0.5) is 4.39 Å². The van der Waals surface area contributed by atoms with Crippen LogP contribution in [0.5, 0.6) is 0 Å². The molecule has 1 aliphatic heterocycles. The number of thioether (sulfide) groups is 1. The van der Waals surface area contributed by atoms with Crippen molar-refractivity contribution in [2.45, 2.75) is 0 Å². The summed E-state index contributed by atoms with van der Waals surface area (Å²) >= 11 is 6.29. The number of benzene rings is 1. The summed E-state index contributed by atoms with van der Waals surface area (Å²) in [6.07, 6.45) is 1.58. The molecule has 0 aliphatic carbocycles. The molecule has 1 heterocycles. The number of carbonyl (C=O) groups excluding carboxylic acids is 2. The molecule has 0 aromatic heterocycles. The van der Waals surface area contributed by atoms with E-state index in [-0.39, 0.29) is 24.2 Å². The number of nitrogens with zero attached hydrogens (tertiary/aromatic N) is 2. The molecule has 1 aliphatic rings. The quantitative estimate of drug-likeness (QED) is 0.613.